The molecule has 0 spiro atoms. The predicted octanol–water partition coefficient (Wildman–Crippen LogP) is 8.71. The van der Waals surface area contributed by atoms with Crippen molar-refractivity contribution >= 4 is 64.6 Å². The highest BCUT2D eigenvalue weighted by Gasteiger charge is 2.11. The molecule has 7 aromatic carbocycles. The first-order valence-electron chi connectivity index (χ1n) is 12.9. The summed E-state index contributed by atoms with van der Waals surface area (Å²) in [6, 6.07) is 54.0. The van der Waals surface area contributed by atoms with Crippen molar-refractivity contribution in [1.29, 1.82) is 0 Å². The Morgan fingerprint density at radius 2 is 0.650 bits per heavy atom. The lowest BCUT2D eigenvalue weighted by Crippen LogP contribution is -1.88. The molecule has 4 bridgehead atoms. The molecule has 0 fully saturated rings. The normalized spacial score (nSPS) is 10.4. The Morgan fingerprint density at radius 1 is 0.375 bits per heavy atom. The van der Waals surface area contributed by atoms with Crippen molar-refractivity contribution in [3.05, 3.63) is 133 Å². The van der Waals surface area contributed by atoms with Gasteiger partial charge in [0.25, 0.3) is 0 Å². The summed E-state index contributed by atoms with van der Waals surface area (Å²) < 4.78 is 11.8. The van der Waals surface area contributed by atoms with E-state index in [-0.39, 0.29) is 0 Å². The van der Waals surface area contributed by atoms with Crippen molar-refractivity contribution in [3.63, 3.8) is 0 Å². The fourth-order valence-electron chi connectivity index (χ4n) is 5.52. The van der Waals surface area contributed by atoms with Crippen LogP contribution in [0.15, 0.2) is 84.9 Å². The number of ether oxygens (including phenoxy) is 2. The Morgan fingerprint density at radius 3 is 0.900 bits per heavy atom. The number of methoxy groups -OCH3 is 2. The van der Waals surface area contributed by atoms with Gasteiger partial charge in [0.2, 0.25) is 0 Å². The minimum atomic E-state index is 0.803. The molecule has 0 aliphatic rings. The van der Waals surface area contributed by atoms with Crippen LogP contribution in [-0.4, -0.2) is 14.2 Å². The first-order chi connectivity index (χ1) is 19.8. The van der Waals surface area contributed by atoms with Crippen LogP contribution in [0.3, 0.4) is 0 Å². The average molecular weight is 509 g/mol. The molecule has 7 rings (SSSR count). The summed E-state index contributed by atoms with van der Waals surface area (Å²) in [6.45, 7) is 0. The second-order valence-electron chi connectivity index (χ2n) is 9.42. The summed E-state index contributed by atoms with van der Waals surface area (Å²) >= 11 is 0. The number of hydrogen-bond acceptors (Lipinski definition) is 2. The highest BCUT2D eigenvalue weighted by Crippen LogP contribution is 2.38. The van der Waals surface area contributed by atoms with Crippen molar-refractivity contribution in [2.45, 2.75) is 0 Å². The van der Waals surface area contributed by atoms with Crippen LogP contribution in [0.5, 0.6) is 11.5 Å². The zero-order valence-corrected chi connectivity index (χ0v) is 21.9. The molecule has 0 amide bonds. The zero-order chi connectivity index (χ0) is 27.1. The number of rotatable bonds is 2. The highest BCUT2D eigenvalue weighted by atomic mass is 16.5. The van der Waals surface area contributed by atoms with Crippen LogP contribution in [-0.2, 0) is 0 Å². The van der Waals surface area contributed by atoms with Crippen LogP contribution in [0.1, 0.15) is 0 Å². The van der Waals surface area contributed by atoms with Gasteiger partial charge in [-0.05, 0) is 60.7 Å². The fourth-order valence-corrected chi connectivity index (χ4v) is 5.52. The largest absolute Gasteiger partial charge is 0.495 e. The van der Waals surface area contributed by atoms with Gasteiger partial charge >= 0.3 is 0 Å². The van der Waals surface area contributed by atoms with Gasteiger partial charge in [-0.15, -0.1) is 0 Å². The van der Waals surface area contributed by atoms with E-state index in [1.54, 1.807) is 14.2 Å². The minimum absolute atomic E-state index is 0.803. The van der Waals surface area contributed by atoms with Gasteiger partial charge in [0, 0.05) is 64.6 Å². The molecule has 0 atom stereocenters. The van der Waals surface area contributed by atoms with E-state index in [2.05, 4.69) is 84.9 Å². The van der Waals surface area contributed by atoms with Crippen LogP contribution in [0.2, 0.25) is 0 Å². The number of benzene rings is 6. The average Bonchev–Trinajstić information content (AvgIpc) is 2.99. The van der Waals surface area contributed by atoms with Crippen LogP contribution in [0.4, 0.5) is 0 Å². The summed E-state index contributed by atoms with van der Waals surface area (Å²) in [6.07, 6.45) is 0. The van der Waals surface area contributed by atoms with E-state index in [1.807, 2.05) is 48.5 Å². The van der Waals surface area contributed by atoms with E-state index in [0.717, 1.165) is 76.1 Å². The summed E-state index contributed by atoms with van der Waals surface area (Å²) in [5, 5.41) is 11.5. The van der Waals surface area contributed by atoms with Gasteiger partial charge in [-0.1, -0.05) is 72.8 Å². The standard InChI is InChI=1S/C38H20O2/c1-39-37-29-19-7-15-25-11-3-5-13-27-17-9-21-31-35(27)24-36-28(18-10-22-32(36)38(31)40-2)14-6-4-12-26-16-8-20-30(37)34(26)23-33(25)29/h7-10,15-24H,1-2H3. The maximum Gasteiger partial charge on any atom is 0.134 e. The van der Waals surface area contributed by atoms with Gasteiger partial charge in [0.1, 0.15) is 11.5 Å². The molecule has 184 valence electrons. The van der Waals surface area contributed by atoms with Crippen LogP contribution in [0, 0.1) is 48.5 Å². The molecular weight excluding hydrogens is 488 g/mol. The van der Waals surface area contributed by atoms with E-state index < -0.39 is 0 Å². The lowest BCUT2D eigenvalue weighted by atomic mass is 9.98. The third-order valence-corrected chi connectivity index (χ3v) is 7.30. The van der Waals surface area contributed by atoms with Gasteiger partial charge in [-0.3, -0.25) is 0 Å². The van der Waals surface area contributed by atoms with E-state index >= 15 is 0 Å². The third kappa shape index (κ3) is 3.69. The van der Waals surface area contributed by atoms with Crippen LogP contribution < -0.4 is 9.47 Å². The van der Waals surface area contributed by atoms with Crippen molar-refractivity contribution in [1.82, 2.24) is 0 Å². The molecular formula is C38H20O2. The Bertz CT molecular complexity index is 1890. The molecule has 2 nitrogen and oxygen atoms in total. The van der Waals surface area contributed by atoms with Crippen molar-refractivity contribution in [2.24, 2.45) is 0 Å². The summed E-state index contributed by atoms with van der Waals surface area (Å²) in [5.74, 6) is 1.61. The fraction of sp³-hybridized carbons (Fsp3) is 0.0526. The van der Waals surface area contributed by atoms with Gasteiger partial charge in [0.05, 0.1) is 14.2 Å². The van der Waals surface area contributed by atoms with Gasteiger partial charge < -0.3 is 9.47 Å². The van der Waals surface area contributed by atoms with Gasteiger partial charge in [0.15, 0.2) is 0 Å². The Balaban J connectivity index is 1.65. The summed E-state index contributed by atoms with van der Waals surface area (Å²) in [5.41, 5.74) is 0. The first-order valence-corrected chi connectivity index (χ1v) is 12.9. The Labute approximate surface area is 233 Å². The molecule has 0 N–H and O–H groups in total. The molecule has 0 aliphatic carbocycles. The summed E-state index contributed by atoms with van der Waals surface area (Å²) in [4.78, 5) is 0. The third-order valence-electron chi connectivity index (χ3n) is 7.30. The molecule has 0 radical (unpaired) electrons. The van der Waals surface area contributed by atoms with E-state index in [1.165, 1.54) is 0 Å². The lowest BCUT2D eigenvalue weighted by molar-refractivity contribution is 0.424. The zero-order valence-electron chi connectivity index (χ0n) is 21.9. The maximum atomic E-state index is 5.90. The van der Waals surface area contributed by atoms with E-state index in [0.29, 0.717) is 0 Å². The maximum absolute atomic E-state index is 5.90. The quantitative estimate of drug-likeness (QED) is 0.218. The molecule has 0 aromatic heterocycles. The first kappa shape index (κ1) is 23.3. The number of hydrogen-bond donors (Lipinski definition) is 0. The Kier molecular flexibility index (Phi) is 5.54. The highest BCUT2D eigenvalue weighted by molar-refractivity contribution is 6.16. The molecule has 7 aromatic rings. The van der Waals surface area contributed by atoms with Crippen LogP contribution >= 0.6 is 0 Å². The second-order valence-corrected chi connectivity index (χ2v) is 9.42. The van der Waals surface area contributed by atoms with Crippen LogP contribution in [0.25, 0.3) is 64.6 Å². The topological polar surface area (TPSA) is 18.5 Å². The van der Waals surface area contributed by atoms with Crippen molar-refractivity contribution in [2.75, 3.05) is 14.2 Å². The minimum Gasteiger partial charge on any atom is -0.495 e. The molecule has 0 unspecified atom stereocenters. The van der Waals surface area contributed by atoms with Crippen molar-refractivity contribution in [3.8, 4) is 11.5 Å². The molecule has 0 aliphatic heterocycles. The second kappa shape index (κ2) is 9.50. The molecule has 0 heterocycles. The van der Waals surface area contributed by atoms with Gasteiger partial charge in [-0.25, -0.2) is 0 Å². The smallest absolute Gasteiger partial charge is 0.134 e. The SMILES string of the molecule is COc1c2cccc3c#cc#cc4cccc5c(OC)c6cccc(c#cc#cc7cccc1c7cc32)c6cc45. The van der Waals surface area contributed by atoms with Crippen molar-refractivity contribution < 1.29 is 9.47 Å². The summed E-state index contributed by atoms with van der Waals surface area (Å²) in [7, 11) is 3.40. The van der Waals surface area contributed by atoms with Gasteiger partial charge in [-0.2, -0.15) is 0 Å². The molecule has 40 heavy (non-hydrogen) atoms. The molecule has 0 saturated heterocycles. The monoisotopic (exact) mass is 508 g/mol. The lowest BCUT2D eigenvalue weighted by Gasteiger charge is -2.11. The van der Waals surface area contributed by atoms with E-state index in [4.69, 9.17) is 9.47 Å². The molecule has 0 saturated carbocycles. The molecule has 2 heteroatoms. The van der Waals surface area contributed by atoms with E-state index in [9.17, 15) is 0 Å². The predicted molar refractivity (Wildman–Crippen MR) is 162 cm³/mol. The Hall–Kier alpha value is -5.80.